The molecule has 0 aliphatic rings. The van der Waals surface area contributed by atoms with Crippen molar-refractivity contribution in [2.75, 3.05) is 13.2 Å². The van der Waals surface area contributed by atoms with Gasteiger partial charge in [0.05, 0.1) is 6.10 Å². The summed E-state index contributed by atoms with van der Waals surface area (Å²) in [5, 5.41) is 12.8. The van der Waals surface area contributed by atoms with E-state index in [1.165, 1.54) is 11.3 Å². The van der Waals surface area contributed by atoms with Gasteiger partial charge in [0.15, 0.2) is 0 Å². The van der Waals surface area contributed by atoms with Crippen molar-refractivity contribution in [3.05, 3.63) is 33.6 Å². The van der Waals surface area contributed by atoms with Crippen molar-refractivity contribution in [1.82, 2.24) is 0 Å². The van der Waals surface area contributed by atoms with Gasteiger partial charge in [-0.05, 0) is 38.3 Å². The first-order valence-corrected chi connectivity index (χ1v) is 7.54. The summed E-state index contributed by atoms with van der Waals surface area (Å²) in [4.78, 5) is 0. The van der Waals surface area contributed by atoms with Crippen LogP contribution in [0.2, 0.25) is 0 Å². The van der Waals surface area contributed by atoms with Gasteiger partial charge in [-0.3, -0.25) is 0 Å². The van der Waals surface area contributed by atoms with Gasteiger partial charge in [-0.25, -0.2) is 0 Å². The number of benzene rings is 1. The highest BCUT2D eigenvalue weighted by molar-refractivity contribution is 9.10. The highest BCUT2D eigenvalue weighted by Gasteiger charge is 2.27. The molecule has 0 aliphatic heterocycles. The average Bonchev–Trinajstić information content (AvgIpc) is 2.78. The van der Waals surface area contributed by atoms with Crippen molar-refractivity contribution in [3.63, 3.8) is 0 Å². The Labute approximate surface area is 126 Å². The Morgan fingerprint density at radius 1 is 1.35 bits per heavy atom. The summed E-state index contributed by atoms with van der Waals surface area (Å²) >= 11 is 4.91. The molecular weight excluding hydrogens is 357 g/mol. The van der Waals surface area contributed by atoms with Crippen LogP contribution >= 0.6 is 27.3 Å². The molecule has 1 N–H and O–H groups in total. The number of aliphatic hydroxyl groups is 1. The number of rotatable bonds is 5. The molecule has 110 valence electrons. The third-order valence-electron chi connectivity index (χ3n) is 2.74. The number of aliphatic hydroxyl groups excluding tert-OH is 1. The van der Waals surface area contributed by atoms with Crippen LogP contribution in [0.15, 0.2) is 28.1 Å². The van der Waals surface area contributed by atoms with Gasteiger partial charge < -0.3 is 9.84 Å². The molecule has 1 heterocycles. The van der Waals surface area contributed by atoms with Crippen LogP contribution in [0.5, 0.6) is 0 Å². The first kappa shape index (κ1) is 15.8. The Bertz CT molecular complexity index is 582. The van der Waals surface area contributed by atoms with E-state index in [0.717, 1.165) is 20.1 Å². The van der Waals surface area contributed by atoms with Gasteiger partial charge in [-0.15, -0.1) is 11.3 Å². The Hall–Kier alpha value is -0.630. The van der Waals surface area contributed by atoms with Gasteiger partial charge in [0, 0.05) is 22.2 Å². The molecule has 0 amide bonds. The van der Waals surface area contributed by atoms with Gasteiger partial charge in [-0.1, -0.05) is 12.1 Å². The maximum absolute atomic E-state index is 11.9. The molecule has 20 heavy (non-hydrogen) atoms. The molecule has 0 spiro atoms. The topological polar surface area (TPSA) is 29.5 Å². The van der Waals surface area contributed by atoms with Crippen LogP contribution in [0.1, 0.15) is 18.1 Å². The summed E-state index contributed by atoms with van der Waals surface area (Å²) in [5.41, 5.74) is 0.724. The minimum atomic E-state index is -4.33. The number of fused-ring (bicyclic) bond motifs is 1. The smallest absolute Gasteiger partial charge is 0.388 e. The molecule has 1 unspecified atom stereocenters. The summed E-state index contributed by atoms with van der Waals surface area (Å²) in [7, 11) is 0. The van der Waals surface area contributed by atoms with Crippen LogP contribution in [0.3, 0.4) is 0 Å². The molecule has 0 saturated carbocycles. The minimum absolute atomic E-state index is 0.133. The lowest BCUT2D eigenvalue weighted by atomic mass is 10.1. The van der Waals surface area contributed by atoms with Gasteiger partial charge in [0.1, 0.15) is 6.61 Å². The van der Waals surface area contributed by atoms with E-state index < -0.39 is 18.9 Å². The lowest BCUT2D eigenvalue weighted by molar-refractivity contribution is -0.175. The molecule has 1 aromatic carbocycles. The van der Waals surface area contributed by atoms with E-state index >= 15 is 0 Å². The van der Waals surface area contributed by atoms with Crippen molar-refractivity contribution < 1.29 is 23.0 Å². The van der Waals surface area contributed by atoms with Crippen molar-refractivity contribution in [3.8, 4) is 0 Å². The second-order valence-corrected chi connectivity index (χ2v) is 6.01. The molecule has 1 atom stereocenters. The summed E-state index contributed by atoms with van der Waals surface area (Å²) in [6.07, 6.45) is -5.02. The van der Waals surface area contributed by atoms with Crippen LogP contribution in [0, 0.1) is 0 Å². The molecule has 0 aliphatic carbocycles. The zero-order chi connectivity index (χ0) is 14.8. The van der Waals surface area contributed by atoms with Crippen molar-refractivity contribution in [2.45, 2.75) is 18.7 Å². The quantitative estimate of drug-likeness (QED) is 0.777. The third kappa shape index (κ3) is 3.94. The molecule has 7 heteroatoms. The third-order valence-corrected chi connectivity index (χ3v) is 4.71. The monoisotopic (exact) mass is 368 g/mol. The summed E-state index contributed by atoms with van der Waals surface area (Å²) in [5.74, 6) is 0. The van der Waals surface area contributed by atoms with E-state index in [2.05, 4.69) is 20.7 Å². The first-order valence-electron chi connectivity index (χ1n) is 5.86. The number of halogens is 4. The highest BCUT2D eigenvalue weighted by atomic mass is 79.9. The Balaban J connectivity index is 1.98. The lowest BCUT2D eigenvalue weighted by Gasteiger charge is -2.11. The standard InChI is InChI=1S/C13H12BrF3O2S/c14-10-3-1-2-8-9(6-20-12(8)10)11(18)4-5-19-7-13(15,16)17/h1-3,6,11,18H,4-5,7H2. The fraction of sp³-hybridized carbons (Fsp3) is 0.385. The number of hydrogen-bond acceptors (Lipinski definition) is 3. The van der Waals surface area contributed by atoms with Crippen LogP contribution < -0.4 is 0 Å². The van der Waals surface area contributed by atoms with E-state index in [4.69, 9.17) is 0 Å². The molecule has 2 nitrogen and oxygen atoms in total. The van der Waals surface area contributed by atoms with Crippen LogP contribution in [-0.4, -0.2) is 24.5 Å². The predicted octanol–water partition coefficient (Wildman–Crippen LogP) is 4.67. The molecule has 1 aromatic heterocycles. The second kappa shape index (κ2) is 6.43. The van der Waals surface area contributed by atoms with Crippen molar-refractivity contribution >= 4 is 37.4 Å². The van der Waals surface area contributed by atoms with Crippen molar-refractivity contribution in [2.24, 2.45) is 0 Å². The number of thiophene rings is 1. The van der Waals surface area contributed by atoms with E-state index in [0.29, 0.717) is 0 Å². The average molecular weight is 369 g/mol. The second-order valence-electron chi connectivity index (χ2n) is 4.28. The Morgan fingerprint density at radius 3 is 2.80 bits per heavy atom. The van der Waals surface area contributed by atoms with E-state index in [9.17, 15) is 18.3 Å². The predicted molar refractivity (Wildman–Crippen MR) is 76.0 cm³/mol. The van der Waals surface area contributed by atoms with Crippen LogP contribution in [-0.2, 0) is 4.74 Å². The first-order chi connectivity index (χ1) is 9.38. The zero-order valence-corrected chi connectivity index (χ0v) is 12.7. The maximum Gasteiger partial charge on any atom is 0.411 e. The molecule has 2 aromatic rings. The van der Waals surface area contributed by atoms with E-state index in [1.54, 1.807) is 0 Å². The largest absolute Gasteiger partial charge is 0.411 e. The van der Waals surface area contributed by atoms with Crippen LogP contribution in [0.4, 0.5) is 13.2 Å². The molecule has 0 fully saturated rings. The number of hydrogen-bond donors (Lipinski definition) is 1. The van der Waals surface area contributed by atoms with Gasteiger partial charge >= 0.3 is 6.18 Å². The fourth-order valence-corrected chi connectivity index (χ4v) is 3.51. The lowest BCUT2D eigenvalue weighted by Crippen LogP contribution is -2.18. The number of alkyl halides is 3. The summed E-state index contributed by atoms with van der Waals surface area (Å²) < 4.78 is 42.2. The molecule has 0 radical (unpaired) electrons. The van der Waals surface area contributed by atoms with E-state index in [1.807, 2.05) is 23.6 Å². The summed E-state index contributed by atoms with van der Waals surface area (Å²) in [6, 6.07) is 5.64. The minimum Gasteiger partial charge on any atom is -0.388 e. The molecule has 0 saturated heterocycles. The molecular formula is C13H12BrF3O2S. The van der Waals surface area contributed by atoms with Gasteiger partial charge in [-0.2, -0.15) is 13.2 Å². The van der Waals surface area contributed by atoms with Crippen LogP contribution in [0.25, 0.3) is 10.1 Å². The summed E-state index contributed by atoms with van der Waals surface area (Å²) in [6.45, 7) is -1.42. The maximum atomic E-state index is 11.9. The Morgan fingerprint density at radius 2 is 2.10 bits per heavy atom. The van der Waals surface area contributed by atoms with Crippen molar-refractivity contribution in [1.29, 1.82) is 0 Å². The molecule has 0 bridgehead atoms. The molecule has 2 rings (SSSR count). The fourth-order valence-electron chi connectivity index (χ4n) is 1.84. The SMILES string of the molecule is OC(CCOCC(F)(F)F)c1csc2c(Br)cccc12. The zero-order valence-electron chi connectivity index (χ0n) is 10.3. The van der Waals surface area contributed by atoms with Gasteiger partial charge in [0.2, 0.25) is 0 Å². The highest BCUT2D eigenvalue weighted by Crippen LogP contribution is 2.36. The normalized spacial score (nSPS) is 13.8. The Kier molecular flexibility index (Phi) is 5.06. The van der Waals surface area contributed by atoms with Gasteiger partial charge in [0.25, 0.3) is 0 Å². The number of ether oxygens (including phenoxy) is 1. The van der Waals surface area contributed by atoms with E-state index in [-0.39, 0.29) is 13.0 Å².